The molecule has 2 N–H and O–H groups in total. The van der Waals surface area contributed by atoms with Gasteiger partial charge >= 0.3 is 6.03 Å². The van der Waals surface area contributed by atoms with Crippen LogP contribution in [0.5, 0.6) is 0 Å². The Balaban J connectivity index is 1.91. The summed E-state index contributed by atoms with van der Waals surface area (Å²) in [5.41, 5.74) is 1.32. The molecule has 2 aromatic carbocycles. The first kappa shape index (κ1) is 18.1. The van der Waals surface area contributed by atoms with Crippen LogP contribution in [0.4, 0.5) is 16.2 Å². The maximum absolute atomic E-state index is 11.8. The van der Waals surface area contributed by atoms with E-state index >= 15 is 0 Å². The van der Waals surface area contributed by atoms with Gasteiger partial charge in [0.15, 0.2) is 0 Å². The van der Waals surface area contributed by atoms with Crippen LogP contribution in [0.25, 0.3) is 0 Å². The first-order chi connectivity index (χ1) is 11.5. The molecule has 126 valence electrons. The SMILES string of the molecule is CC(=O)N(CCNC(=O)Nc1ccccc1)c1ccc(Cl)c(Cl)c1. The van der Waals surface area contributed by atoms with Crippen molar-refractivity contribution in [3.8, 4) is 0 Å². The molecule has 3 amide bonds. The highest BCUT2D eigenvalue weighted by Gasteiger charge is 2.13. The van der Waals surface area contributed by atoms with Gasteiger partial charge in [0, 0.05) is 31.4 Å². The van der Waals surface area contributed by atoms with Crippen molar-refractivity contribution in [2.45, 2.75) is 6.92 Å². The summed E-state index contributed by atoms with van der Waals surface area (Å²) in [4.78, 5) is 25.2. The van der Waals surface area contributed by atoms with Crippen LogP contribution in [-0.4, -0.2) is 25.0 Å². The van der Waals surface area contributed by atoms with E-state index in [4.69, 9.17) is 23.2 Å². The fraction of sp³-hybridized carbons (Fsp3) is 0.176. The lowest BCUT2D eigenvalue weighted by Gasteiger charge is -2.22. The molecule has 0 unspecified atom stereocenters. The van der Waals surface area contributed by atoms with Crippen molar-refractivity contribution in [2.75, 3.05) is 23.3 Å². The van der Waals surface area contributed by atoms with Crippen LogP contribution < -0.4 is 15.5 Å². The second kappa shape index (κ2) is 8.57. The van der Waals surface area contributed by atoms with Crippen molar-refractivity contribution in [3.05, 3.63) is 58.6 Å². The van der Waals surface area contributed by atoms with Gasteiger partial charge in [-0.05, 0) is 30.3 Å². The molecule has 7 heteroatoms. The smallest absolute Gasteiger partial charge is 0.319 e. The Kier molecular flexibility index (Phi) is 6.46. The van der Waals surface area contributed by atoms with Gasteiger partial charge in [-0.15, -0.1) is 0 Å². The highest BCUT2D eigenvalue weighted by Crippen LogP contribution is 2.27. The van der Waals surface area contributed by atoms with E-state index < -0.39 is 0 Å². The predicted octanol–water partition coefficient (Wildman–Crippen LogP) is 4.17. The van der Waals surface area contributed by atoms with Crippen LogP contribution >= 0.6 is 23.2 Å². The van der Waals surface area contributed by atoms with Gasteiger partial charge in [0.05, 0.1) is 10.0 Å². The molecule has 0 heterocycles. The third kappa shape index (κ3) is 5.15. The zero-order valence-corrected chi connectivity index (χ0v) is 14.6. The lowest BCUT2D eigenvalue weighted by molar-refractivity contribution is -0.116. The Labute approximate surface area is 150 Å². The molecule has 0 bridgehead atoms. The molecule has 0 saturated heterocycles. The summed E-state index contributed by atoms with van der Waals surface area (Å²) in [6.45, 7) is 2.06. The van der Waals surface area contributed by atoms with Gasteiger partial charge in [-0.25, -0.2) is 4.79 Å². The lowest BCUT2D eigenvalue weighted by Crippen LogP contribution is -2.39. The van der Waals surface area contributed by atoms with E-state index in [0.717, 1.165) is 0 Å². The van der Waals surface area contributed by atoms with E-state index in [1.54, 1.807) is 30.3 Å². The summed E-state index contributed by atoms with van der Waals surface area (Å²) in [5.74, 6) is -0.154. The number of nitrogens with zero attached hydrogens (tertiary/aromatic N) is 1. The second-order valence-electron chi connectivity index (χ2n) is 5.02. The van der Waals surface area contributed by atoms with Crippen LogP contribution in [0.2, 0.25) is 10.0 Å². The van der Waals surface area contributed by atoms with Gasteiger partial charge in [-0.3, -0.25) is 4.79 Å². The van der Waals surface area contributed by atoms with Gasteiger partial charge in [0.25, 0.3) is 0 Å². The van der Waals surface area contributed by atoms with Crippen LogP contribution in [0.1, 0.15) is 6.92 Å². The van der Waals surface area contributed by atoms with Crippen molar-refractivity contribution in [1.29, 1.82) is 0 Å². The Morgan fingerprint density at radius 3 is 2.38 bits per heavy atom. The van der Waals surface area contributed by atoms with E-state index in [-0.39, 0.29) is 11.9 Å². The standard InChI is InChI=1S/C17H17Cl2N3O2/c1-12(23)22(14-7-8-15(18)16(19)11-14)10-9-20-17(24)21-13-5-3-2-4-6-13/h2-8,11H,9-10H2,1H3,(H2,20,21,24). The Morgan fingerprint density at radius 2 is 1.75 bits per heavy atom. The number of hydrogen-bond acceptors (Lipinski definition) is 2. The van der Waals surface area contributed by atoms with Crippen molar-refractivity contribution in [3.63, 3.8) is 0 Å². The first-order valence-electron chi connectivity index (χ1n) is 7.30. The quantitative estimate of drug-likeness (QED) is 0.835. The van der Waals surface area contributed by atoms with Crippen LogP contribution in [0, 0.1) is 0 Å². The number of hydrogen-bond donors (Lipinski definition) is 2. The van der Waals surface area contributed by atoms with Gasteiger partial charge in [-0.2, -0.15) is 0 Å². The summed E-state index contributed by atoms with van der Waals surface area (Å²) < 4.78 is 0. The largest absolute Gasteiger partial charge is 0.336 e. The second-order valence-corrected chi connectivity index (χ2v) is 5.83. The average Bonchev–Trinajstić information content (AvgIpc) is 2.55. The van der Waals surface area contributed by atoms with Crippen LogP contribution in [0.15, 0.2) is 48.5 Å². The molecule has 2 rings (SSSR count). The number of amides is 3. The molecule has 0 saturated carbocycles. The zero-order valence-electron chi connectivity index (χ0n) is 13.1. The first-order valence-corrected chi connectivity index (χ1v) is 8.06. The molecule has 0 spiro atoms. The highest BCUT2D eigenvalue weighted by molar-refractivity contribution is 6.42. The number of para-hydroxylation sites is 1. The summed E-state index contributed by atoms with van der Waals surface area (Å²) >= 11 is 11.9. The molecule has 0 fully saturated rings. The molecule has 0 atom stereocenters. The predicted molar refractivity (Wildman–Crippen MR) is 98.0 cm³/mol. The number of carbonyl (C=O) groups excluding carboxylic acids is 2. The van der Waals surface area contributed by atoms with E-state index in [2.05, 4.69) is 10.6 Å². The fourth-order valence-electron chi connectivity index (χ4n) is 2.10. The summed E-state index contributed by atoms with van der Waals surface area (Å²) in [6.07, 6.45) is 0. The fourth-order valence-corrected chi connectivity index (χ4v) is 2.39. The molecular weight excluding hydrogens is 349 g/mol. The minimum atomic E-state index is -0.334. The van der Waals surface area contributed by atoms with E-state index in [9.17, 15) is 9.59 Å². The Hall–Kier alpha value is -2.24. The van der Waals surface area contributed by atoms with Gasteiger partial charge in [0.2, 0.25) is 5.91 Å². The number of nitrogens with one attached hydrogen (secondary N) is 2. The Morgan fingerprint density at radius 1 is 1.04 bits per heavy atom. The normalized spacial score (nSPS) is 10.1. The number of carbonyl (C=O) groups is 2. The molecule has 0 aliphatic carbocycles. The van der Waals surface area contributed by atoms with Gasteiger partial charge in [0.1, 0.15) is 0 Å². The summed E-state index contributed by atoms with van der Waals surface area (Å²) in [5, 5.41) is 6.21. The highest BCUT2D eigenvalue weighted by atomic mass is 35.5. The number of halogens is 2. The molecule has 5 nitrogen and oxygen atoms in total. The van der Waals surface area contributed by atoms with Crippen molar-refractivity contribution < 1.29 is 9.59 Å². The van der Waals surface area contributed by atoms with E-state index in [1.165, 1.54) is 11.8 Å². The van der Waals surface area contributed by atoms with Crippen LogP contribution in [0.3, 0.4) is 0 Å². The topological polar surface area (TPSA) is 61.4 Å². The number of benzene rings is 2. The lowest BCUT2D eigenvalue weighted by atomic mass is 10.2. The van der Waals surface area contributed by atoms with Crippen molar-refractivity contribution >= 4 is 46.5 Å². The van der Waals surface area contributed by atoms with Gasteiger partial charge < -0.3 is 15.5 Å². The summed E-state index contributed by atoms with van der Waals surface area (Å²) in [6, 6.07) is 13.7. The maximum atomic E-state index is 11.8. The number of urea groups is 1. The van der Waals surface area contributed by atoms with Crippen LogP contribution in [-0.2, 0) is 4.79 Å². The molecule has 0 aliphatic heterocycles. The minimum Gasteiger partial charge on any atom is -0.336 e. The third-order valence-electron chi connectivity index (χ3n) is 3.25. The van der Waals surface area contributed by atoms with Crippen molar-refractivity contribution in [1.82, 2.24) is 5.32 Å². The van der Waals surface area contributed by atoms with Gasteiger partial charge in [-0.1, -0.05) is 41.4 Å². The molecule has 0 aliphatic rings. The molecule has 24 heavy (non-hydrogen) atoms. The average molecular weight is 366 g/mol. The van der Waals surface area contributed by atoms with Crippen molar-refractivity contribution in [2.24, 2.45) is 0 Å². The summed E-state index contributed by atoms with van der Waals surface area (Å²) in [7, 11) is 0. The minimum absolute atomic E-state index is 0.154. The molecule has 0 radical (unpaired) electrons. The molecular formula is C17H17Cl2N3O2. The number of anilines is 2. The van der Waals surface area contributed by atoms with E-state index in [0.29, 0.717) is 34.5 Å². The van der Waals surface area contributed by atoms with E-state index in [1.807, 2.05) is 18.2 Å². The molecule has 0 aromatic heterocycles. The number of rotatable bonds is 5. The monoisotopic (exact) mass is 365 g/mol. The maximum Gasteiger partial charge on any atom is 0.319 e. The molecule has 2 aromatic rings. The third-order valence-corrected chi connectivity index (χ3v) is 3.99. The zero-order chi connectivity index (χ0) is 17.5. The Bertz CT molecular complexity index is 723.